The van der Waals surface area contributed by atoms with Crippen LogP contribution in [0.5, 0.6) is 11.5 Å². The highest BCUT2D eigenvalue weighted by molar-refractivity contribution is 6.31. The lowest BCUT2D eigenvalue weighted by Gasteiger charge is -2.13. The number of hydrogen-bond acceptors (Lipinski definition) is 3. The van der Waals surface area contributed by atoms with E-state index in [0.717, 1.165) is 23.3 Å². The van der Waals surface area contributed by atoms with Crippen molar-refractivity contribution in [1.82, 2.24) is 0 Å². The predicted octanol–water partition coefficient (Wildman–Crippen LogP) is 3.60. The highest BCUT2D eigenvalue weighted by Crippen LogP contribution is 2.40. The number of hydrogen-bond donors (Lipinski definition) is 1. The Hall–Kier alpha value is -2.27. The zero-order chi connectivity index (χ0) is 16.0. The van der Waals surface area contributed by atoms with E-state index in [1.165, 1.54) is 18.2 Å². The summed E-state index contributed by atoms with van der Waals surface area (Å²) in [4.78, 5) is 12.7. The monoisotopic (exact) mass is 333 g/mol. The average molecular weight is 334 g/mol. The van der Waals surface area contributed by atoms with Crippen LogP contribution in [0.3, 0.4) is 0 Å². The first-order valence-electron chi connectivity index (χ1n) is 7.34. The molecule has 0 bridgehead atoms. The standard InChI is InChI=1S/C17H13ClFNO3/c18-12-8-10(1-2-13(12)19)20-17(21)15-11-4-6-22-14(11)7-9-3-5-23-16(9)15/h1-2,7-8H,3-6H2,(H,20,21). The van der Waals surface area contributed by atoms with Crippen LogP contribution in [-0.4, -0.2) is 19.1 Å². The quantitative estimate of drug-likeness (QED) is 0.913. The van der Waals surface area contributed by atoms with Crippen LogP contribution in [0, 0.1) is 5.82 Å². The van der Waals surface area contributed by atoms with E-state index in [2.05, 4.69) is 5.32 Å². The summed E-state index contributed by atoms with van der Waals surface area (Å²) in [6, 6.07) is 6.03. The minimum atomic E-state index is -0.525. The zero-order valence-electron chi connectivity index (χ0n) is 12.1. The Morgan fingerprint density at radius 3 is 2.83 bits per heavy atom. The Morgan fingerprint density at radius 1 is 1.17 bits per heavy atom. The molecule has 2 aromatic rings. The summed E-state index contributed by atoms with van der Waals surface area (Å²) in [5, 5.41) is 2.72. The van der Waals surface area contributed by atoms with Crippen molar-refractivity contribution < 1.29 is 18.7 Å². The van der Waals surface area contributed by atoms with E-state index in [9.17, 15) is 9.18 Å². The van der Waals surface area contributed by atoms with Gasteiger partial charge in [-0.25, -0.2) is 4.39 Å². The minimum absolute atomic E-state index is 0.0362. The summed E-state index contributed by atoms with van der Waals surface area (Å²) >= 11 is 5.76. The number of amides is 1. The van der Waals surface area contributed by atoms with Gasteiger partial charge in [-0.05, 0) is 24.3 Å². The van der Waals surface area contributed by atoms with Crippen molar-refractivity contribution >= 4 is 23.2 Å². The van der Waals surface area contributed by atoms with Crippen LogP contribution in [0.25, 0.3) is 0 Å². The predicted molar refractivity (Wildman–Crippen MR) is 84.2 cm³/mol. The van der Waals surface area contributed by atoms with Gasteiger partial charge in [-0.2, -0.15) is 0 Å². The zero-order valence-corrected chi connectivity index (χ0v) is 12.9. The number of fused-ring (bicyclic) bond motifs is 2. The molecule has 0 saturated heterocycles. The fourth-order valence-corrected chi connectivity index (χ4v) is 3.17. The van der Waals surface area contributed by atoms with Gasteiger partial charge in [0.15, 0.2) is 0 Å². The molecule has 0 atom stereocenters. The molecule has 4 rings (SSSR count). The molecule has 0 radical (unpaired) electrons. The van der Waals surface area contributed by atoms with E-state index in [0.29, 0.717) is 36.6 Å². The molecule has 0 aliphatic carbocycles. The van der Waals surface area contributed by atoms with Crippen molar-refractivity contribution in [3.63, 3.8) is 0 Å². The molecule has 0 aromatic heterocycles. The maximum absolute atomic E-state index is 13.2. The van der Waals surface area contributed by atoms with Crippen LogP contribution in [0.4, 0.5) is 10.1 Å². The molecule has 0 saturated carbocycles. The molecule has 1 N–H and O–H groups in total. The number of rotatable bonds is 2. The second-order valence-corrected chi connectivity index (χ2v) is 5.90. The second-order valence-electron chi connectivity index (χ2n) is 5.50. The van der Waals surface area contributed by atoms with Crippen molar-refractivity contribution in [3.05, 3.63) is 51.8 Å². The number of halogens is 2. The van der Waals surface area contributed by atoms with Gasteiger partial charge in [0, 0.05) is 29.7 Å². The molecule has 118 valence electrons. The Balaban J connectivity index is 1.73. The summed E-state index contributed by atoms with van der Waals surface area (Å²) in [5.41, 5.74) is 2.78. The molecular formula is C17H13ClFNO3. The molecule has 2 aliphatic rings. The lowest BCUT2D eigenvalue weighted by atomic mass is 9.99. The third kappa shape index (κ3) is 2.41. The Kier molecular flexibility index (Phi) is 3.38. The van der Waals surface area contributed by atoms with Gasteiger partial charge in [-0.15, -0.1) is 0 Å². The molecule has 0 spiro atoms. The van der Waals surface area contributed by atoms with Crippen LogP contribution in [0.1, 0.15) is 21.5 Å². The first kappa shape index (κ1) is 14.3. The van der Waals surface area contributed by atoms with Gasteiger partial charge in [0.1, 0.15) is 17.3 Å². The molecule has 0 fully saturated rings. The van der Waals surface area contributed by atoms with Crippen LogP contribution in [-0.2, 0) is 12.8 Å². The summed E-state index contributed by atoms with van der Waals surface area (Å²) in [7, 11) is 0. The van der Waals surface area contributed by atoms with Gasteiger partial charge in [0.05, 0.1) is 23.8 Å². The van der Waals surface area contributed by atoms with Gasteiger partial charge >= 0.3 is 0 Å². The van der Waals surface area contributed by atoms with E-state index < -0.39 is 5.82 Å². The van der Waals surface area contributed by atoms with Crippen molar-refractivity contribution in [3.8, 4) is 11.5 Å². The van der Waals surface area contributed by atoms with E-state index in [1.807, 2.05) is 6.07 Å². The fraction of sp³-hybridized carbons (Fsp3) is 0.235. The van der Waals surface area contributed by atoms with E-state index in [1.54, 1.807) is 0 Å². The molecule has 6 heteroatoms. The highest BCUT2D eigenvalue weighted by atomic mass is 35.5. The van der Waals surface area contributed by atoms with E-state index in [4.69, 9.17) is 21.1 Å². The molecule has 0 unspecified atom stereocenters. The van der Waals surface area contributed by atoms with Gasteiger partial charge in [-0.3, -0.25) is 4.79 Å². The third-order valence-corrected chi connectivity index (χ3v) is 4.34. The first-order valence-corrected chi connectivity index (χ1v) is 7.72. The minimum Gasteiger partial charge on any atom is -0.493 e. The molecule has 1 amide bonds. The first-order chi connectivity index (χ1) is 11.1. The Labute approximate surface area is 137 Å². The number of nitrogens with one attached hydrogen (secondary N) is 1. The summed E-state index contributed by atoms with van der Waals surface area (Å²) in [6.45, 7) is 1.11. The topological polar surface area (TPSA) is 47.6 Å². The number of carbonyl (C=O) groups is 1. The van der Waals surface area contributed by atoms with Gasteiger partial charge < -0.3 is 14.8 Å². The Morgan fingerprint density at radius 2 is 2.00 bits per heavy atom. The number of carbonyl (C=O) groups excluding carboxylic acids is 1. The smallest absolute Gasteiger partial charge is 0.259 e. The number of benzene rings is 2. The third-order valence-electron chi connectivity index (χ3n) is 4.06. The Bertz CT molecular complexity index is 790. The van der Waals surface area contributed by atoms with Crippen LogP contribution < -0.4 is 14.8 Å². The number of anilines is 1. The average Bonchev–Trinajstić information content (AvgIpc) is 3.16. The van der Waals surface area contributed by atoms with Crippen LogP contribution >= 0.6 is 11.6 Å². The maximum atomic E-state index is 13.2. The lowest BCUT2D eigenvalue weighted by molar-refractivity contribution is 0.102. The summed E-state index contributed by atoms with van der Waals surface area (Å²) in [6.07, 6.45) is 1.42. The van der Waals surface area contributed by atoms with Gasteiger partial charge in [0.25, 0.3) is 5.91 Å². The summed E-state index contributed by atoms with van der Waals surface area (Å²) in [5.74, 6) is 0.549. The highest BCUT2D eigenvalue weighted by Gasteiger charge is 2.30. The van der Waals surface area contributed by atoms with Crippen LogP contribution in [0.2, 0.25) is 5.02 Å². The SMILES string of the molecule is O=C(Nc1ccc(F)c(Cl)c1)c1c2c(cc3c1OCC3)OCC2. The molecule has 2 aromatic carbocycles. The van der Waals surface area contributed by atoms with E-state index in [-0.39, 0.29) is 10.9 Å². The molecule has 4 nitrogen and oxygen atoms in total. The van der Waals surface area contributed by atoms with Crippen molar-refractivity contribution in [2.24, 2.45) is 0 Å². The van der Waals surface area contributed by atoms with Crippen molar-refractivity contribution in [2.45, 2.75) is 12.8 Å². The van der Waals surface area contributed by atoms with Gasteiger partial charge in [-0.1, -0.05) is 11.6 Å². The maximum Gasteiger partial charge on any atom is 0.259 e. The molecule has 23 heavy (non-hydrogen) atoms. The lowest BCUT2D eigenvalue weighted by Crippen LogP contribution is -2.15. The summed E-state index contributed by atoms with van der Waals surface area (Å²) < 4.78 is 24.5. The largest absolute Gasteiger partial charge is 0.493 e. The van der Waals surface area contributed by atoms with Gasteiger partial charge in [0.2, 0.25) is 0 Å². The fourth-order valence-electron chi connectivity index (χ4n) is 2.99. The second kappa shape index (κ2) is 5.42. The van der Waals surface area contributed by atoms with Crippen molar-refractivity contribution in [2.75, 3.05) is 18.5 Å². The van der Waals surface area contributed by atoms with Crippen molar-refractivity contribution in [1.29, 1.82) is 0 Å². The number of ether oxygens (including phenoxy) is 2. The molecule has 2 heterocycles. The van der Waals surface area contributed by atoms with Crippen LogP contribution in [0.15, 0.2) is 24.3 Å². The molecule has 2 aliphatic heterocycles. The van der Waals surface area contributed by atoms with E-state index >= 15 is 0 Å². The molecular weight excluding hydrogens is 321 g/mol. The normalized spacial score (nSPS) is 14.7.